The highest BCUT2D eigenvalue weighted by atomic mass is 32.2. The van der Waals surface area contributed by atoms with Gasteiger partial charge in [-0.25, -0.2) is 9.97 Å². The third-order valence-corrected chi connectivity index (χ3v) is 6.47. The van der Waals surface area contributed by atoms with E-state index in [1.807, 2.05) is 35.7 Å². The predicted octanol–water partition coefficient (Wildman–Crippen LogP) is 3.87. The van der Waals surface area contributed by atoms with Gasteiger partial charge >= 0.3 is 0 Å². The zero-order valence-corrected chi connectivity index (χ0v) is 17.3. The van der Waals surface area contributed by atoms with Crippen molar-refractivity contribution in [1.29, 1.82) is 0 Å². The Hall–Kier alpha value is -2.33. The zero-order valence-electron chi connectivity index (χ0n) is 15.7. The van der Waals surface area contributed by atoms with Crippen molar-refractivity contribution in [3.05, 3.63) is 53.5 Å². The number of hydrogen-bond acceptors (Lipinski definition) is 9. The summed E-state index contributed by atoms with van der Waals surface area (Å²) in [6, 6.07) is 12.1. The van der Waals surface area contributed by atoms with E-state index in [-0.39, 0.29) is 0 Å². The number of hydrogen-bond donors (Lipinski definition) is 0. The zero-order chi connectivity index (χ0) is 19.5. The molecule has 1 saturated heterocycles. The number of rotatable bonds is 6. The fourth-order valence-corrected chi connectivity index (χ4v) is 4.71. The van der Waals surface area contributed by atoms with Crippen LogP contribution in [0.4, 0.5) is 0 Å². The van der Waals surface area contributed by atoms with Gasteiger partial charge < -0.3 is 9.26 Å². The minimum Gasteiger partial charge on any atom is -0.379 e. The number of aromatic nitrogens is 4. The third-order valence-electron chi connectivity index (χ3n) is 4.63. The van der Waals surface area contributed by atoms with Gasteiger partial charge in [0, 0.05) is 18.5 Å². The van der Waals surface area contributed by atoms with Crippen LogP contribution in [0, 0.1) is 0 Å². The second-order valence-corrected chi connectivity index (χ2v) is 8.54. The average molecular weight is 426 g/mol. The number of benzene rings is 1. The predicted molar refractivity (Wildman–Crippen MR) is 113 cm³/mol. The summed E-state index contributed by atoms with van der Waals surface area (Å²) in [4.78, 5) is 17.5. The third kappa shape index (κ3) is 4.32. The highest BCUT2D eigenvalue weighted by Crippen LogP contribution is 2.29. The van der Waals surface area contributed by atoms with Crippen LogP contribution in [0.1, 0.15) is 11.7 Å². The molecule has 3 aromatic heterocycles. The lowest BCUT2D eigenvalue weighted by Gasteiger charge is -2.25. The second-order valence-electron chi connectivity index (χ2n) is 6.63. The van der Waals surface area contributed by atoms with Gasteiger partial charge in [-0.2, -0.15) is 4.98 Å². The summed E-state index contributed by atoms with van der Waals surface area (Å²) in [6.07, 6.45) is 0. The van der Waals surface area contributed by atoms with Crippen molar-refractivity contribution in [2.45, 2.75) is 17.3 Å². The van der Waals surface area contributed by atoms with Crippen LogP contribution >= 0.6 is 23.1 Å². The molecule has 0 amide bonds. The van der Waals surface area contributed by atoms with Gasteiger partial charge in [0.25, 0.3) is 0 Å². The van der Waals surface area contributed by atoms with E-state index in [1.54, 1.807) is 23.1 Å². The Labute approximate surface area is 176 Å². The standard InChI is InChI=1S/C20H19N5O2S2/c1-2-5-15-14(4-1)20(22-17(21-15)12-25-7-9-26-10-8-25)29-13-18-23-19(24-27-18)16-6-3-11-28-16/h1-6,11H,7-10,12-13H2. The van der Waals surface area contributed by atoms with Crippen LogP contribution in [0.25, 0.3) is 21.6 Å². The molecule has 0 N–H and O–H groups in total. The van der Waals surface area contributed by atoms with Gasteiger partial charge in [0.15, 0.2) is 0 Å². The molecule has 0 atom stereocenters. The van der Waals surface area contributed by atoms with Crippen LogP contribution < -0.4 is 0 Å². The maximum Gasteiger partial charge on any atom is 0.237 e. The Bertz CT molecular complexity index is 1090. The van der Waals surface area contributed by atoms with E-state index < -0.39 is 0 Å². The van der Waals surface area contributed by atoms with Crippen LogP contribution in [0.3, 0.4) is 0 Å². The largest absolute Gasteiger partial charge is 0.379 e. The smallest absolute Gasteiger partial charge is 0.237 e. The van der Waals surface area contributed by atoms with Crippen molar-refractivity contribution in [3.8, 4) is 10.7 Å². The van der Waals surface area contributed by atoms with Crippen LogP contribution in [0.5, 0.6) is 0 Å². The van der Waals surface area contributed by atoms with E-state index in [0.29, 0.717) is 17.5 Å². The van der Waals surface area contributed by atoms with Crippen molar-refractivity contribution < 1.29 is 9.26 Å². The lowest BCUT2D eigenvalue weighted by molar-refractivity contribution is 0.0330. The van der Waals surface area contributed by atoms with E-state index in [4.69, 9.17) is 19.2 Å². The van der Waals surface area contributed by atoms with Crippen LogP contribution in [0.2, 0.25) is 0 Å². The second kappa shape index (κ2) is 8.58. The van der Waals surface area contributed by atoms with Gasteiger partial charge in [-0.1, -0.05) is 41.2 Å². The number of thioether (sulfide) groups is 1. The molecule has 148 valence electrons. The Kier molecular flexibility index (Phi) is 5.53. The van der Waals surface area contributed by atoms with Crippen LogP contribution in [-0.4, -0.2) is 51.3 Å². The molecule has 4 aromatic rings. The molecule has 0 aliphatic carbocycles. The maximum absolute atomic E-state index is 5.44. The van der Waals surface area contributed by atoms with Gasteiger partial charge in [0.2, 0.25) is 11.7 Å². The molecule has 1 fully saturated rings. The molecule has 29 heavy (non-hydrogen) atoms. The molecule has 7 nitrogen and oxygen atoms in total. The van der Waals surface area contributed by atoms with E-state index >= 15 is 0 Å². The lowest BCUT2D eigenvalue weighted by Crippen LogP contribution is -2.36. The summed E-state index contributed by atoms with van der Waals surface area (Å²) in [6.45, 7) is 4.07. The first kappa shape index (κ1) is 18.7. The van der Waals surface area contributed by atoms with Gasteiger partial charge in [-0.15, -0.1) is 11.3 Å². The molecule has 5 rings (SSSR count). The molecule has 0 radical (unpaired) electrons. The molecule has 0 saturated carbocycles. The van der Waals surface area contributed by atoms with E-state index in [9.17, 15) is 0 Å². The summed E-state index contributed by atoms with van der Waals surface area (Å²) >= 11 is 3.20. The molecular formula is C20H19N5O2S2. The molecule has 1 aliphatic heterocycles. The van der Waals surface area contributed by atoms with Crippen molar-refractivity contribution in [2.75, 3.05) is 26.3 Å². The molecule has 0 unspecified atom stereocenters. The number of morpholine rings is 1. The summed E-state index contributed by atoms with van der Waals surface area (Å²) in [5.74, 6) is 2.63. The fraction of sp³-hybridized carbons (Fsp3) is 0.300. The number of nitrogens with zero attached hydrogens (tertiary/aromatic N) is 5. The van der Waals surface area contributed by atoms with E-state index in [2.05, 4.69) is 21.1 Å². The van der Waals surface area contributed by atoms with E-state index in [0.717, 1.165) is 59.5 Å². The molecule has 9 heteroatoms. The number of fused-ring (bicyclic) bond motifs is 1. The molecule has 4 heterocycles. The lowest BCUT2D eigenvalue weighted by atomic mass is 10.2. The first-order valence-electron chi connectivity index (χ1n) is 9.40. The van der Waals surface area contributed by atoms with Crippen LogP contribution in [-0.2, 0) is 17.0 Å². The number of ether oxygens (including phenoxy) is 1. The summed E-state index contributed by atoms with van der Waals surface area (Å²) < 4.78 is 10.9. The summed E-state index contributed by atoms with van der Waals surface area (Å²) in [5.41, 5.74) is 0.957. The van der Waals surface area contributed by atoms with Crippen molar-refractivity contribution >= 4 is 34.0 Å². The summed E-state index contributed by atoms with van der Waals surface area (Å²) in [7, 11) is 0. The first-order chi connectivity index (χ1) is 14.3. The van der Waals surface area contributed by atoms with Gasteiger partial charge in [0.1, 0.15) is 10.9 Å². The monoisotopic (exact) mass is 425 g/mol. The normalized spacial score (nSPS) is 15.2. The quantitative estimate of drug-likeness (QED) is 0.340. The van der Waals surface area contributed by atoms with Crippen molar-refractivity contribution in [2.24, 2.45) is 0 Å². The molecular weight excluding hydrogens is 406 g/mol. The maximum atomic E-state index is 5.44. The van der Waals surface area contributed by atoms with Gasteiger partial charge in [-0.05, 0) is 17.5 Å². The highest BCUT2D eigenvalue weighted by Gasteiger charge is 2.16. The molecule has 0 spiro atoms. The van der Waals surface area contributed by atoms with Crippen LogP contribution in [0.15, 0.2) is 51.3 Å². The average Bonchev–Trinajstić information content (AvgIpc) is 3.45. The van der Waals surface area contributed by atoms with Crippen molar-refractivity contribution in [1.82, 2.24) is 25.0 Å². The Balaban J connectivity index is 1.36. The Morgan fingerprint density at radius 1 is 1.03 bits per heavy atom. The van der Waals surface area contributed by atoms with Gasteiger partial charge in [-0.3, -0.25) is 4.90 Å². The fourth-order valence-electron chi connectivity index (χ4n) is 3.18. The minimum absolute atomic E-state index is 0.566. The summed E-state index contributed by atoms with van der Waals surface area (Å²) in [5, 5.41) is 8.07. The Morgan fingerprint density at radius 2 is 1.93 bits per heavy atom. The SMILES string of the molecule is c1csc(-c2noc(CSc3nc(CN4CCOCC4)nc4ccccc34)n2)c1. The first-order valence-corrected chi connectivity index (χ1v) is 11.3. The topological polar surface area (TPSA) is 77.2 Å². The molecule has 1 aliphatic rings. The minimum atomic E-state index is 0.566. The molecule has 1 aromatic carbocycles. The molecule has 0 bridgehead atoms. The van der Waals surface area contributed by atoms with E-state index in [1.165, 1.54) is 0 Å². The highest BCUT2D eigenvalue weighted by molar-refractivity contribution is 7.98. The Morgan fingerprint density at radius 3 is 2.79 bits per heavy atom. The van der Waals surface area contributed by atoms with Gasteiger partial charge in [0.05, 0.1) is 35.9 Å². The number of para-hydroxylation sites is 1. The van der Waals surface area contributed by atoms with Crippen molar-refractivity contribution in [3.63, 3.8) is 0 Å². The number of thiophene rings is 1.